The van der Waals surface area contributed by atoms with Crippen molar-refractivity contribution in [3.8, 4) is 5.75 Å². The number of ether oxygens (including phenoxy) is 1. The maximum atomic E-state index is 12.1. The first-order valence-electron chi connectivity index (χ1n) is 6.39. The lowest BCUT2D eigenvalue weighted by atomic mass is 10.2. The number of hydrogen-bond acceptors (Lipinski definition) is 5. The summed E-state index contributed by atoms with van der Waals surface area (Å²) in [6.45, 7) is 0. The average molecular weight is 310 g/mol. The van der Waals surface area contributed by atoms with Gasteiger partial charge in [0.1, 0.15) is 11.5 Å². The summed E-state index contributed by atoms with van der Waals surface area (Å²) in [6, 6.07) is 6.75. The third kappa shape index (κ3) is 3.28. The molecule has 1 fully saturated rings. The van der Waals surface area contributed by atoms with E-state index in [1.54, 1.807) is 31.4 Å². The summed E-state index contributed by atoms with van der Waals surface area (Å²) in [5.74, 6) is 1.47. The molecule has 21 heavy (non-hydrogen) atoms. The summed E-state index contributed by atoms with van der Waals surface area (Å²) in [6.07, 6.45) is 2.19. The third-order valence-electron chi connectivity index (χ3n) is 3.25. The van der Waals surface area contributed by atoms with Gasteiger partial charge in [0, 0.05) is 18.1 Å². The van der Waals surface area contributed by atoms with Gasteiger partial charge in [0.25, 0.3) is 5.91 Å². The molecule has 7 heteroatoms. The van der Waals surface area contributed by atoms with Gasteiger partial charge in [-0.15, -0.1) is 12.4 Å². The van der Waals surface area contributed by atoms with Crippen molar-refractivity contribution < 1.29 is 14.1 Å². The van der Waals surface area contributed by atoms with Gasteiger partial charge in [-0.2, -0.15) is 0 Å². The first-order valence-corrected chi connectivity index (χ1v) is 6.39. The van der Waals surface area contributed by atoms with Gasteiger partial charge in [0.2, 0.25) is 0 Å². The maximum Gasteiger partial charge on any atom is 0.277 e. The number of aromatic nitrogens is 1. The van der Waals surface area contributed by atoms with E-state index in [0.29, 0.717) is 23.0 Å². The summed E-state index contributed by atoms with van der Waals surface area (Å²) in [5, 5.41) is 6.49. The molecule has 0 aliphatic heterocycles. The summed E-state index contributed by atoms with van der Waals surface area (Å²) in [7, 11) is 1.55. The van der Waals surface area contributed by atoms with Crippen LogP contribution < -0.4 is 15.8 Å². The third-order valence-corrected chi connectivity index (χ3v) is 3.25. The predicted octanol–water partition coefficient (Wildman–Crippen LogP) is 2.82. The van der Waals surface area contributed by atoms with Gasteiger partial charge in [0.15, 0.2) is 5.69 Å². The van der Waals surface area contributed by atoms with E-state index < -0.39 is 0 Å². The summed E-state index contributed by atoms with van der Waals surface area (Å²) in [5.41, 5.74) is 7.03. The van der Waals surface area contributed by atoms with E-state index in [4.69, 9.17) is 15.0 Å². The number of carbonyl (C=O) groups excluding carboxylic acids is 1. The van der Waals surface area contributed by atoms with Crippen molar-refractivity contribution in [3.63, 3.8) is 0 Å². The highest BCUT2D eigenvalue weighted by Gasteiger charge is 2.29. The summed E-state index contributed by atoms with van der Waals surface area (Å²) >= 11 is 0. The minimum absolute atomic E-state index is 0. The molecule has 3 N–H and O–H groups in total. The maximum absolute atomic E-state index is 12.1. The van der Waals surface area contributed by atoms with Crippen molar-refractivity contribution in [1.82, 2.24) is 5.16 Å². The highest BCUT2D eigenvalue weighted by atomic mass is 35.5. The topological polar surface area (TPSA) is 90.4 Å². The van der Waals surface area contributed by atoms with Crippen molar-refractivity contribution in [2.75, 3.05) is 18.2 Å². The Kier molecular flexibility index (Phi) is 4.37. The van der Waals surface area contributed by atoms with Crippen molar-refractivity contribution in [1.29, 1.82) is 0 Å². The van der Waals surface area contributed by atoms with E-state index in [1.165, 1.54) is 0 Å². The molecule has 1 aromatic carbocycles. The number of nitrogens with one attached hydrogen (secondary N) is 1. The molecule has 1 saturated carbocycles. The minimum atomic E-state index is -0.347. The zero-order valence-electron chi connectivity index (χ0n) is 11.5. The van der Waals surface area contributed by atoms with Crippen LogP contribution in [-0.4, -0.2) is 18.2 Å². The average Bonchev–Trinajstić information content (AvgIpc) is 3.18. The van der Waals surface area contributed by atoms with Crippen LogP contribution in [0.3, 0.4) is 0 Å². The lowest BCUT2D eigenvalue weighted by Crippen LogP contribution is -2.13. The zero-order chi connectivity index (χ0) is 14.1. The van der Waals surface area contributed by atoms with E-state index in [1.807, 2.05) is 0 Å². The van der Waals surface area contributed by atoms with Crippen LogP contribution >= 0.6 is 12.4 Å². The standard InChI is InChI=1S/C14H15N3O3.ClH/c1-19-9-4-5-10(15)11(6-9)16-14(18)12-7-13(20-17-12)8-2-3-8;/h4-8H,2-3,15H2,1H3,(H,16,18);1H. The number of carbonyl (C=O) groups is 1. The van der Waals surface area contributed by atoms with Gasteiger partial charge in [-0.3, -0.25) is 4.79 Å². The van der Waals surface area contributed by atoms with Crippen LogP contribution in [0.2, 0.25) is 0 Å². The fourth-order valence-corrected chi connectivity index (χ4v) is 1.91. The van der Waals surface area contributed by atoms with Crippen LogP contribution in [-0.2, 0) is 0 Å². The van der Waals surface area contributed by atoms with Crippen molar-refractivity contribution in [3.05, 3.63) is 35.7 Å². The molecule has 0 saturated heterocycles. The Hall–Kier alpha value is -2.21. The highest BCUT2D eigenvalue weighted by molar-refractivity contribution is 6.04. The molecule has 112 valence electrons. The van der Waals surface area contributed by atoms with Gasteiger partial charge in [-0.25, -0.2) is 0 Å². The fraction of sp³-hybridized carbons (Fsp3) is 0.286. The SMILES string of the molecule is COc1ccc(N)c(NC(=O)c2cc(C3CC3)on2)c1.Cl. The molecule has 0 spiro atoms. The smallest absolute Gasteiger partial charge is 0.277 e. The molecular formula is C14H16ClN3O3. The second kappa shape index (κ2) is 6.05. The van der Waals surface area contributed by atoms with E-state index in [-0.39, 0.29) is 24.0 Å². The Balaban J connectivity index is 0.00000161. The minimum Gasteiger partial charge on any atom is -0.497 e. The van der Waals surface area contributed by atoms with E-state index in [0.717, 1.165) is 18.6 Å². The van der Waals surface area contributed by atoms with Crippen molar-refractivity contribution >= 4 is 29.7 Å². The van der Waals surface area contributed by atoms with Crippen molar-refractivity contribution in [2.24, 2.45) is 0 Å². The van der Waals surface area contributed by atoms with Gasteiger partial charge in [-0.1, -0.05) is 5.16 Å². The van der Waals surface area contributed by atoms with E-state index >= 15 is 0 Å². The number of nitrogens with zero attached hydrogens (tertiary/aromatic N) is 1. The monoisotopic (exact) mass is 309 g/mol. The molecule has 1 heterocycles. The van der Waals surface area contributed by atoms with Crippen LogP contribution in [0.5, 0.6) is 5.75 Å². The van der Waals surface area contributed by atoms with E-state index in [2.05, 4.69) is 10.5 Å². The zero-order valence-corrected chi connectivity index (χ0v) is 12.3. The Bertz CT molecular complexity index is 653. The number of nitrogens with two attached hydrogens (primary N) is 1. The Labute approximate surface area is 128 Å². The first kappa shape index (κ1) is 15.2. The number of methoxy groups -OCH3 is 1. The molecule has 6 nitrogen and oxygen atoms in total. The van der Waals surface area contributed by atoms with Crippen LogP contribution in [0.4, 0.5) is 11.4 Å². The largest absolute Gasteiger partial charge is 0.497 e. The molecule has 2 aromatic rings. The molecular weight excluding hydrogens is 294 g/mol. The van der Waals surface area contributed by atoms with Gasteiger partial charge in [-0.05, 0) is 25.0 Å². The molecule has 0 unspecified atom stereocenters. The second-order valence-electron chi connectivity index (χ2n) is 4.80. The van der Waals surface area contributed by atoms with Crippen molar-refractivity contribution in [2.45, 2.75) is 18.8 Å². The molecule has 0 radical (unpaired) electrons. The molecule has 1 aliphatic rings. The predicted molar refractivity (Wildman–Crippen MR) is 81.1 cm³/mol. The normalized spacial score (nSPS) is 13.4. The molecule has 0 atom stereocenters. The highest BCUT2D eigenvalue weighted by Crippen LogP contribution is 2.40. The lowest BCUT2D eigenvalue weighted by Gasteiger charge is -2.08. The number of anilines is 2. The summed E-state index contributed by atoms with van der Waals surface area (Å²) < 4.78 is 10.3. The Morgan fingerprint density at radius 1 is 1.43 bits per heavy atom. The Morgan fingerprint density at radius 2 is 2.19 bits per heavy atom. The van der Waals surface area contributed by atoms with Crippen LogP contribution in [0.1, 0.15) is 35.0 Å². The van der Waals surface area contributed by atoms with Gasteiger partial charge in [0.05, 0.1) is 18.5 Å². The fourth-order valence-electron chi connectivity index (χ4n) is 1.91. The number of amides is 1. The number of halogens is 1. The molecule has 0 bridgehead atoms. The lowest BCUT2D eigenvalue weighted by molar-refractivity contribution is 0.101. The van der Waals surface area contributed by atoms with E-state index in [9.17, 15) is 4.79 Å². The number of benzene rings is 1. The number of nitrogen functional groups attached to an aromatic ring is 1. The molecule has 1 aromatic heterocycles. The molecule has 3 rings (SSSR count). The summed E-state index contributed by atoms with van der Waals surface area (Å²) in [4.78, 5) is 12.1. The molecule has 1 amide bonds. The number of hydrogen-bond donors (Lipinski definition) is 2. The van der Waals surface area contributed by atoms with Gasteiger partial charge >= 0.3 is 0 Å². The molecule has 1 aliphatic carbocycles. The van der Waals surface area contributed by atoms with Gasteiger partial charge < -0.3 is 20.3 Å². The second-order valence-corrected chi connectivity index (χ2v) is 4.80. The number of rotatable bonds is 4. The quantitative estimate of drug-likeness (QED) is 0.847. The van der Waals surface area contributed by atoms with Crippen LogP contribution in [0.25, 0.3) is 0 Å². The Morgan fingerprint density at radius 3 is 2.86 bits per heavy atom. The van der Waals surface area contributed by atoms with Crippen LogP contribution in [0.15, 0.2) is 28.8 Å². The van der Waals surface area contributed by atoms with Crippen LogP contribution in [0, 0.1) is 0 Å². The first-order chi connectivity index (χ1) is 9.67.